The third-order valence-electron chi connectivity index (χ3n) is 8.82. The molecule has 4 N–H and O–H groups in total. The average Bonchev–Trinajstić information content (AvgIpc) is 2.89. The van der Waals surface area contributed by atoms with E-state index in [-0.39, 0.29) is 0 Å². The van der Waals surface area contributed by atoms with Gasteiger partial charge in [0.1, 0.15) is 5.75 Å². The van der Waals surface area contributed by atoms with Crippen LogP contribution in [-0.4, -0.2) is 5.97 Å². The Bertz CT molecular complexity index is 934. The van der Waals surface area contributed by atoms with Gasteiger partial charge in [-0.05, 0) is 98.1 Å². The zero-order chi connectivity index (χ0) is 25.3. The molecule has 2 aromatic rings. The Labute approximate surface area is 218 Å². The number of hydrogen-bond donors (Lipinski definition) is 2. The molecule has 0 saturated heterocycles. The van der Waals surface area contributed by atoms with Gasteiger partial charge in [-0.1, -0.05) is 70.4 Å². The highest BCUT2D eigenvalue weighted by Crippen LogP contribution is 2.44. The van der Waals surface area contributed by atoms with E-state index in [2.05, 4.69) is 19.1 Å². The molecule has 4 rings (SSSR count). The number of rotatable bonds is 10. The Morgan fingerprint density at radius 1 is 0.778 bits per heavy atom. The fourth-order valence-electron chi connectivity index (χ4n) is 6.68. The number of nitrogens with two attached hydrogens (primary N) is 2. The molecule has 4 heteroatoms. The minimum atomic E-state index is -0.437. The van der Waals surface area contributed by atoms with Crippen LogP contribution < -0.4 is 16.2 Å². The predicted molar refractivity (Wildman–Crippen MR) is 150 cm³/mol. The first-order valence-corrected chi connectivity index (χ1v) is 14.5. The Morgan fingerprint density at radius 3 is 1.97 bits per heavy atom. The standard InChI is InChI=1S/C32H46N2O2/c1-2-3-4-5-6-7-23-8-10-24(11-9-23)25-12-14-26(15-13-25)27-16-18-31(19-17-27)36-32(35)28-20-29(33)22-30(34)21-28/h16-26H,2-15,33-34H2,1H3. The highest BCUT2D eigenvalue weighted by Gasteiger charge is 2.31. The van der Waals surface area contributed by atoms with Crippen LogP contribution in [0.3, 0.4) is 0 Å². The van der Waals surface area contributed by atoms with Crippen molar-refractivity contribution in [2.45, 2.75) is 103 Å². The van der Waals surface area contributed by atoms with Gasteiger partial charge >= 0.3 is 5.97 Å². The molecule has 2 aromatic carbocycles. The number of anilines is 2. The first kappa shape index (κ1) is 26.6. The molecule has 0 aliphatic heterocycles. The van der Waals surface area contributed by atoms with Crippen molar-refractivity contribution in [2.24, 2.45) is 17.8 Å². The van der Waals surface area contributed by atoms with Gasteiger partial charge in [0, 0.05) is 11.4 Å². The van der Waals surface area contributed by atoms with Crippen LogP contribution in [0.2, 0.25) is 0 Å². The summed E-state index contributed by atoms with van der Waals surface area (Å²) >= 11 is 0. The van der Waals surface area contributed by atoms with Crippen molar-refractivity contribution in [1.29, 1.82) is 0 Å². The summed E-state index contributed by atoms with van der Waals surface area (Å²) in [5, 5.41) is 0. The van der Waals surface area contributed by atoms with Crippen LogP contribution in [0.15, 0.2) is 42.5 Å². The van der Waals surface area contributed by atoms with Crippen molar-refractivity contribution < 1.29 is 9.53 Å². The molecular weight excluding hydrogens is 444 g/mol. The summed E-state index contributed by atoms with van der Waals surface area (Å²) < 4.78 is 5.55. The van der Waals surface area contributed by atoms with Crippen molar-refractivity contribution in [3.05, 3.63) is 53.6 Å². The van der Waals surface area contributed by atoms with E-state index in [1.165, 1.54) is 95.5 Å². The molecule has 0 radical (unpaired) electrons. The number of esters is 1. The van der Waals surface area contributed by atoms with Crippen LogP contribution in [0.4, 0.5) is 11.4 Å². The molecule has 196 valence electrons. The third kappa shape index (κ3) is 7.51. The van der Waals surface area contributed by atoms with Crippen LogP contribution in [0.1, 0.15) is 119 Å². The third-order valence-corrected chi connectivity index (χ3v) is 8.82. The van der Waals surface area contributed by atoms with Crippen molar-refractivity contribution in [1.82, 2.24) is 0 Å². The van der Waals surface area contributed by atoms with Gasteiger partial charge in [-0.15, -0.1) is 0 Å². The van der Waals surface area contributed by atoms with Gasteiger partial charge in [-0.2, -0.15) is 0 Å². The maximum atomic E-state index is 12.5. The molecule has 0 aromatic heterocycles. The fraction of sp³-hybridized carbons (Fsp3) is 0.594. The van der Waals surface area contributed by atoms with Crippen LogP contribution in [-0.2, 0) is 0 Å². The first-order chi connectivity index (χ1) is 17.5. The minimum absolute atomic E-state index is 0.371. The van der Waals surface area contributed by atoms with Crippen LogP contribution in [0.5, 0.6) is 5.75 Å². The number of hydrogen-bond acceptors (Lipinski definition) is 4. The average molecular weight is 491 g/mol. The molecule has 0 unspecified atom stereocenters. The SMILES string of the molecule is CCCCCCCC1CCC(C2CCC(c3ccc(OC(=O)c4cc(N)cc(N)c4)cc3)CC2)CC1. The van der Waals surface area contributed by atoms with Gasteiger partial charge in [0.25, 0.3) is 0 Å². The molecule has 0 spiro atoms. The highest BCUT2D eigenvalue weighted by atomic mass is 16.5. The van der Waals surface area contributed by atoms with Gasteiger partial charge in [0.2, 0.25) is 0 Å². The molecule has 2 fully saturated rings. The number of ether oxygens (including phenoxy) is 1. The lowest BCUT2D eigenvalue weighted by molar-refractivity contribution is 0.0735. The molecule has 36 heavy (non-hydrogen) atoms. The summed E-state index contributed by atoms with van der Waals surface area (Å²) in [6, 6.07) is 12.9. The normalized spacial score (nSPS) is 24.4. The molecule has 2 aliphatic rings. The zero-order valence-corrected chi connectivity index (χ0v) is 22.2. The number of carbonyl (C=O) groups is 1. The van der Waals surface area contributed by atoms with E-state index in [9.17, 15) is 4.79 Å². The van der Waals surface area contributed by atoms with Gasteiger partial charge in [0.05, 0.1) is 5.56 Å². The Morgan fingerprint density at radius 2 is 1.36 bits per heavy atom. The lowest BCUT2D eigenvalue weighted by Gasteiger charge is -2.38. The van der Waals surface area contributed by atoms with E-state index >= 15 is 0 Å². The largest absolute Gasteiger partial charge is 0.423 e. The maximum Gasteiger partial charge on any atom is 0.343 e. The van der Waals surface area contributed by atoms with Gasteiger partial charge in [-0.25, -0.2) is 4.79 Å². The van der Waals surface area contributed by atoms with Gasteiger partial charge < -0.3 is 16.2 Å². The van der Waals surface area contributed by atoms with E-state index in [1.807, 2.05) is 12.1 Å². The van der Waals surface area contributed by atoms with Crippen LogP contribution in [0.25, 0.3) is 0 Å². The minimum Gasteiger partial charge on any atom is -0.423 e. The molecule has 2 aliphatic carbocycles. The zero-order valence-electron chi connectivity index (χ0n) is 22.2. The number of nitrogen functional groups attached to an aromatic ring is 2. The van der Waals surface area contributed by atoms with E-state index in [1.54, 1.807) is 18.2 Å². The maximum absolute atomic E-state index is 12.5. The molecule has 0 amide bonds. The second-order valence-electron chi connectivity index (χ2n) is 11.4. The monoisotopic (exact) mass is 490 g/mol. The summed E-state index contributed by atoms with van der Waals surface area (Å²) in [6.07, 6.45) is 19.7. The fourth-order valence-corrected chi connectivity index (χ4v) is 6.68. The molecule has 0 atom stereocenters. The second kappa shape index (κ2) is 13.2. The van der Waals surface area contributed by atoms with E-state index in [0.29, 0.717) is 28.6 Å². The molecule has 4 nitrogen and oxygen atoms in total. The van der Waals surface area contributed by atoms with E-state index in [0.717, 1.165) is 17.8 Å². The molecule has 0 bridgehead atoms. The molecular formula is C32H46N2O2. The molecule has 0 heterocycles. The summed E-state index contributed by atoms with van der Waals surface area (Å²) in [5.41, 5.74) is 14.3. The topological polar surface area (TPSA) is 78.3 Å². The Balaban J connectivity index is 1.19. The lowest BCUT2D eigenvalue weighted by Crippen LogP contribution is -2.25. The van der Waals surface area contributed by atoms with Crippen molar-refractivity contribution in [3.63, 3.8) is 0 Å². The van der Waals surface area contributed by atoms with Gasteiger partial charge in [-0.3, -0.25) is 0 Å². The van der Waals surface area contributed by atoms with Gasteiger partial charge in [0.15, 0.2) is 0 Å². The van der Waals surface area contributed by atoms with Crippen molar-refractivity contribution in [2.75, 3.05) is 11.5 Å². The number of benzene rings is 2. The Hall–Kier alpha value is -2.49. The van der Waals surface area contributed by atoms with Crippen molar-refractivity contribution in [3.8, 4) is 5.75 Å². The molecule has 2 saturated carbocycles. The highest BCUT2D eigenvalue weighted by molar-refractivity contribution is 5.93. The van der Waals surface area contributed by atoms with E-state index in [4.69, 9.17) is 16.2 Å². The van der Waals surface area contributed by atoms with Crippen LogP contribution >= 0.6 is 0 Å². The predicted octanol–water partition coefficient (Wildman–Crippen LogP) is 8.51. The Kier molecular flexibility index (Phi) is 9.72. The summed E-state index contributed by atoms with van der Waals surface area (Å²) in [4.78, 5) is 12.5. The summed E-state index contributed by atoms with van der Waals surface area (Å²) in [7, 11) is 0. The lowest BCUT2D eigenvalue weighted by atomic mass is 9.68. The summed E-state index contributed by atoms with van der Waals surface area (Å²) in [5.74, 6) is 3.64. The van der Waals surface area contributed by atoms with E-state index < -0.39 is 5.97 Å². The first-order valence-electron chi connectivity index (χ1n) is 14.5. The number of carbonyl (C=O) groups excluding carboxylic acids is 1. The van der Waals surface area contributed by atoms with Crippen molar-refractivity contribution >= 4 is 17.3 Å². The number of unbranched alkanes of at least 4 members (excludes halogenated alkanes) is 4. The smallest absolute Gasteiger partial charge is 0.343 e. The van der Waals surface area contributed by atoms with Crippen LogP contribution in [0, 0.1) is 17.8 Å². The second-order valence-corrected chi connectivity index (χ2v) is 11.4. The summed E-state index contributed by atoms with van der Waals surface area (Å²) in [6.45, 7) is 2.30. The quantitative estimate of drug-likeness (QED) is 0.151.